The van der Waals surface area contributed by atoms with E-state index in [9.17, 15) is 4.79 Å². The minimum atomic E-state index is -0.303. The van der Waals surface area contributed by atoms with Crippen molar-refractivity contribution in [2.24, 2.45) is 0 Å². The van der Waals surface area contributed by atoms with Gasteiger partial charge in [-0.3, -0.25) is 4.79 Å². The van der Waals surface area contributed by atoms with Gasteiger partial charge >= 0.3 is 0 Å². The molecule has 0 amide bonds. The fraction of sp³-hybridized carbons (Fsp3) is 0.500. The maximum atomic E-state index is 11.8. The second kappa shape index (κ2) is 7.89. The van der Waals surface area contributed by atoms with Crippen LogP contribution >= 0.6 is 11.6 Å². The molecule has 1 aromatic heterocycles. The molecule has 0 unspecified atom stereocenters. The van der Waals surface area contributed by atoms with Gasteiger partial charge in [0.15, 0.2) is 0 Å². The summed E-state index contributed by atoms with van der Waals surface area (Å²) in [6, 6.07) is 0. The molecule has 0 spiro atoms. The van der Waals surface area contributed by atoms with Crippen LogP contribution in [0.25, 0.3) is 0 Å². The number of ether oxygens (including phenoxy) is 1. The Labute approximate surface area is 111 Å². The Hall–Kier alpha value is -1.33. The van der Waals surface area contributed by atoms with E-state index in [2.05, 4.69) is 17.0 Å². The number of unbranched alkanes of at least 4 members (excludes halogenated alkanes) is 1. The molecule has 0 saturated carbocycles. The molecule has 6 heteroatoms. The number of rotatable bonds is 8. The van der Waals surface area contributed by atoms with Gasteiger partial charge in [-0.05, 0) is 12.8 Å². The fourth-order valence-corrected chi connectivity index (χ4v) is 1.61. The van der Waals surface area contributed by atoms with Gasteiger partial charge in [0.1, 0.15) is 5.02 Å². The van der Waals surface area contributed by atoms with E-state index in [1.54, 1.807) is 13.3 Å². The molecule has 5 nitrogen and oxygen atoms in total. The third-order valence-corrected chi connectivity index (χ3v) is 2.76. The predicted octanol–water partition coefficient (Wildman–Crippen LogP) is 1.92. The smallest absolute Gasteiger partial charge is 0.287 e. The van der Waals surface area contributed by atoms with Gasteiger partial charge in [-0.2, -0.15) is 5.10 Å². The van der Waals surface area contributed by atoms with Crippen LogP contribution in [0, 0.1) is 0 Å². The van der Waals surface area contributed by atoms with Gasteiger partial charge in [0, 0.05) is 13.7 Å². The van der Waals surface area contributed by atoms with E-state index < -0.39 is 0 Å². The first kappa shape index (κ1) is 14.7. The summed E-state index contributed by atoms with van der Waals surface area (Å²) in [5.74, 6) is 0. The first-order valence-electron chi connectivity index (χ1n) is 5.80. The summed E-state index contributed by atoms with van der Waals surface area (Å²) >= 11 is 5.99. The van der Waals surface area contributed by atoms with E-state index in [-0.39, 0.29) is 10.6 Å². The molecule has 18 heavy (non-hydrogen) atoms. The van der Waals surface area contributed by atoms with E-state index in [0.29, 0.717) is 18.8 Å². The Morgan fingerprint density at radius 1 is 1.67 bits per heavy atom. The number of methoxy groups -OCH3 is 1. The van der Waals surface area contributed by atoms with Crippen LogP contribution in [0.1, 0.15) is 12.8 Å². The second-order valence-electron chi connectivity index (χ2n) is 3.75. The maximum absolute atomic E-state index is 11.8. The van der Waals surface area contributed by atoms with Crippen LogP contribution in [0.2, 0.25) is 5.02 Å². The van der Waals surface area contributed by atoms with Crippen molar-refractivity contribution < 1.29 is 4.74 Å². The zero-order valence-electron chi connectivity index (χ0n) is 10.5. The second-order valence-corrected chi connectivity index (χ2v) is 4.13. The maximum Gasteiger partial charge on any atom is 0.287 e. The summed E-state index contributed by atoms with van der Waals surface area (Å²) in [6.07, 6.45) is 5.27. The van der Waals surface area contributed by atoms with Crippen molar-refractivity contribution in [3.05, 3.63) is 34.2 Å². The van der Waals surface area contributed by atoms with Crippen molar-refractivity contribution in [2.75, 3.05) is 25.6 Å². The number of hydrogen-bond acceptors (Lipinski definition) is 4. The van der Waals surface area contributed by atoms with E-state index in [0.717, 1.165) is 19.4 Å². The quantitative estimate of drug-likeness (QED) is 0.580. The largest absolute Gasteiger partial charge is 0.383 e. The predicted molar refractivity (Wildman–Crippen MR) is 73.3 cm³/mol. The SMILES string of the molecule is C=CCCCNc1cnn(CCOC)c(=O)c1Cl. The highest BCUT2D eigenvalue weighted by atomic mass is 35.5. The summed E-state index contributed by atoms with van der Waals surface area (Å²) in [5, 5.41) is 7.28. The highest BCUT2D eigenvalue weighted by Gasteiger charge is 2.08. The lowest BCUT2D eigenvalue weighted by atomic mass is 10.3. The first-order valence-corrected chi connectivity index (χ1v) is 6.17. The van der Waals surface area contributed by atoms with Crippen LogP contribution < -0.4 is 10.9 Å². The Morgan fingerprint density at radius 3 is 3.11 bits per heavy atom. The van der Waals surface area contributed by atoms with E-state index in [4.69, 9.17) is 16.3 Å². The highest BCUT2D eigenvalue weighted by molar-refractivity contribution is 6.32. The zero-order valence-corrected chi connectivity index (χ0v) is 11.2. The number of hydrogen-bond donors (Lipinski definition) is 1. The van der Waals surface area contributed by atoms with Gasteiger partial charge in [-0.25, -0.2) is 4.68 Å². The van der Waals surface area contributed by atoms with Gasteiger partial charge in [0.05, 0.1) is 25.0 Å². The molecule has 1 rings (SSSR count). The van der Waals surface area contributed by atoms with Crippen molar-refractivity contribution in [2.45, 2.75) is 19.4 Å². The van der Waals surface area contributed by atoms with Gasteiger partial charge in [0.25, 0.3) is 5.56 Å². The fourth-order valence-electron chi connectivity index (χ4n) is 1.39. The normalized spacial score (nSPS) is 10.3. The number of aromatic nitrogens is 2. The van der Waals surface area contributed by atoms with E-state index in [1.165, 1.54) is 4.68 Å². The van der Waals surface area contributed by atoms with Gasteiger partial charge < -0.3 is 10.1 Å². The molecule has 100 valence electrons. The lowest BCUT2D eigenvalue weighted by Gasteiger charge is -2.09. The molecule has 0 aromatic carbocycles. The minimum absolute atomic E-state index is 0.166. The monoisotopic (exact) mass is 271 g/mol. The Kier molecular flexibility index (Phi) is 6.46. The van der Waals surface area contributed by atoms with Crippen molar-refractivity contribution >= 4 is 17.3 Å². The Bertz CT molecular complexity index is 445. The van der Waals surface area contributed by atoms with E-state index >= 15 is 0 Å². The minimum Gasteiger partial charge on any atom is -0.383 e. The van der Waals surface area contributed by atoms with Crippen LogP contribution in [-0.4, -0.2) is 30.0 Å². The number of allylic oxidation sites excluding steroid dienone is 1. The van der Waals surface area contributed by atoms with Crippen molar-refractivity contribution in [3.63, 3.8) is 0 Å². The number of halogens is 1. The molecule has 0 bridgehead atoms. The molecule has 0 aliphatic carbocycles. The standard InChI is InChI=1S/C12H18ClN3O2/c1-3-4-5-6-14-10-9-15-16(7-8-18-2)12(17)11(10)13/h3,9,14H,1,4-8H2,2H3. The number of nitrogens with one attached hydrogen (secondary N) is 1. The zero-order chi connectivity index (χ0) is 13.4. The van der Waals surface area contributed by atoms with Crippen molar-refractivity contribution in [1.82, 2.24) is 9.78 Å². The molecule has 0 radical (unpaired) electrons. The average molecular weight is 272 g/mol. The van der Waals surface area contributed by atoms with Crippen LogP contribution in [0.3, 0.4) is 0 Å². The van der Waals surface area contributed by atoms with Crippen molar-refractivity contribution in [3.8, 4) is 0 Å². The molecule has 1 aromatic rings. The van der Waals surface area contributed by atoms with Crippen LogP contribution in [0.15, 0.2) is 23.6 Å². The molecular formula is C12H18ClN3O2. The summed E-state index contributed by atoms with van der Waals surface area (Å²) in [6.45, 7) is 5.20. The molecule has 0 aliphatic rings. The molecule has 0 saturated heterocycles. The van der Waals surface area contributed by atoms with Crippen LogP contribution in [-0.2, 0) is 11.3 Å². The molecule has 1 N–H and O–H groups in total. The van der Waals surface area contributed by atoms with E-state index in [1.807, 2.05) is 6.08 Å². The molecular weight excluding hydrogens is 254 g/mol. The summed E-state index contributed by atoms with van der Waals surface area (Å²) in [5.41, 5.74) is 0.266. The van der Waals surface area contributed by atoms with Gasteiger partial charge in [-0.1, -0.05) is 17.7 Å². The Balaban J connectivity index is 2.68. The lowest BCUT2D eigenvalue weighted by Crippen LogP contribution is -2.26. The van der Waals surface area contributed by atoms with Crippen LogP contribution in [0.5, 0.6) is 0 Å². The Morgan fingerprint density at radius 2 is 2.44 bits per heavy atom. The molecule has 0 fully saturated rings. The van der Waals surface area contributed by atoms with Gasteiger partial charge in [0.2, 0.25) is 0 Å². The third kappa shape index (κ3) is 4.16. The van der Waals surface area contributed by atoms with Crippen molar-refractivity contribution in [1.29, 1.82) is 0 Å². The molecule has 0 atom stereocenters. The molecule has 0 aliphatic heterocycles. The number of anilines is 1. The van der Waals surface area contributed by atoms with Gasteiger partial charge in [-0.15, -0.1) is 6.58 Å². The summed E-state index contributed by atoms with van der Waals surface area (Å²) < 4.78 is 6.19. The topological polar surface area (TPSA) is 56.1 Å². The number of nitrogens with zero attached hydrogens (tertiary/aromatic N) is 2. The van der Waals surface area contributed by atoms with Crippen LogP contribution in [0.4, 0.5) is 5.69 Å². The lowest BCUT2D eigenvalue weighted by molar-refractivity contribution is 0.182. The molecule has 1 heterocycles. The summed E-state index contributed by atoms with van der Waals surface area (Å²) in [7, 11) is 1.57. The first-order chi connectivity index (χ1) is 8.70. The average Bonchev–Trinajstić information content (AvgIpc) is 2.38. The summed E-state index contributed by atoms with van der Waals surface area (Å²) in [4.78, 5) is 11.8. The highest BCUT2D eigenvalue weighted by Crippen LogP contribution is 2.15. The third-order valence-electron chi connectivity index (χ3n) is 2.39.